The maximum atomic E-state index is 13.3. The quantitative estimate of drug-likeness (QED) is 0.689. The Morgan fingerprint density at radius 1 is 1.62 bits per heavy atom. The molecule has 0 fully saturated rings. The van der Waals surface area contributed by atoms with E-state index in [1.54, 1.807) is 6.92 Å². The van der Waals surface area contributed by atoms with Crippen molar-refractivity contribution in [3.63, 3.8) is 0 Å². The van der Waals surface area contributed by atoms with Gasteiger partial charge in [-0.25, -0.2) is 4.39 Å². The van der Waals surface area contributed by atoms with Crippen molar-refractivity contribution in [1.29, 1.82) is 0 Å². The van der Waals surface area contributed by atoms with Gasteiger partial charge in [0.05, 0.1) is 11.0 Å². The number of hydrogen-bond acceptors (Lipinski definition) is 3. The van der Waals surface area contributed by atoms with Crippen molar-refractivity contribution >= 4 is 23.1 Å². The van der Waals surface area contributed by atoms with Crippen LogP contribution in [0, 0.1) is 5.82 Å². The number of benzene rings is 1. The first-order chi connectivity index (χ1) is 7.43. The third-order valence-electron chi connectivity index (χ3n) is 1.99. The van der Waals surface area contributed by atoms with Crippen LogP contribution in [0.4, 0.5) is 4.39 Å². The van der Waals surface area contributed by atoms with Gasteiger partial charge in [-0.05, 0) is 19.1 Å². The summed E-state index contributed by atoms with van der Waals surface area (Å²) in [5.74, 6) is -1.98. The maximum absolute atomic E-state index is 13.3. The molecular weight excluding hydrogens is 231 g/mol. The molecule has 0 aliphatic carbocycles. The second-order valence-corrected chi connectivity index (χ2v) is 3.70. The molecule has 0 aromatic heterocycles. The van der Waals surface area contributed by atoms with Crippen LogP contribution in [-0.4, -0.2) is 22.0 Å². The third-order valence-corrected chi connectivity index (χ3v) is 2.35. The van der Waals surface area contributed by atoms with E-state index in [4.69, 9.17) is 5.73 Å². The standard InChI is InChI=1S/C10H11FN2O2S/c1-5(9(12)16)13-10(15)8-6(11)3-2-4-7(8)14/h2-5,14H,1H3,(H2,12,16)(H,13,15). The highest BCUT2D eigenvalue weighted by Gasteiger charge is 2.18. The number of halogens is 1. The van der Waals surface area contributed by atoms with Gasteiger partial charge >= 0.3 is 0 Å². The molecule has 0 aliphatic rings. The van der Waals surface area contributed by atoms with Crippen molar-refractivity contribution in [1.82, 2.24) is 5.32 Å². The summed E-state index contributed by atoms with van der Waals surface area (Å²) in [4.78, 5) is 11.7. The topological polar surface area (TPSA) is 75.3 Å². The summed E-state index contributed by atoms with van der Waals surface area (Å²) in [6, 6.07) is 3.04. The molecule has 6 heteroatoms. The summed E-state index contributed by atoms with van der Waals surface area (Å²) in [5, 5.41) is 11.7. The van der Waals surface area contributed by atoms with Crippen molar-refractivity contribution in [3.8, 4) is 5.75 Å². The van der Waals surface area contributed by atoms with E-state index >= 15 is 0 Å². The summed E-state index contributed by atoms with van der Waals surface area (Å²) in [6.07, 6.45) is 0. The normalized spacial score (nSPS) is 11.9. The molecule has 4 N–H and O–H groups in total. The van der Waals surface area contributed by atoms with Gasteiger partial charge in [0.25, 0.3) is 5.91 Å². The van der Waals surface area contributed by atoms with E-state index in [2.05, 4.69) is 17.5 Å². The molecule has 1 aromatic carbocycles. The molecule has 0 heterocycles. The number of phenolic OH excluding ortho intramolecular Hbond substituents is 1. The molecule has 86 valence electrons. The van der Waals surface area contributed by atoms with Crippen molar-refractivity contribution in [2.45, 2.75) is 13.0 Å². The first-order valence-corrected chi connectivity index (χ1v) is 4.92. The monoisotopic (exact) mass is 242 g/mol. The number of rotatable bonds is 3. The van der Waals surface area contributed by atoms with E-state index in [0.29, 0.717) is 0 Å². The van der Waals surface area contributed by atoms with Crippen molar-refractivity contribution < 1.29 is 14.3 Å². The van der Waals surface area contributed by atoms with Gasteiger partial charge in [0.2, 0.25) is 0 Å². The van der Waals surface area contributed by atoms with Crippen molar-refractivity contribution in [2.75, 3.05) is 0 Å². The Morgan fingerprint density at radius 2 is 2.25 bits per heavy atom. The van der Waals surface area contributed by atoms with Gasteiger partial charge in [-0.1, -0.05) is 18.3 Å². The van der Waals surface area contributed by atoms with Crippen molar-refractivity contribution in [2.24, 2.45) is 5.73 Å². The smallest absolute Gasteiger partial charge is 0.258 e. The Hall–Kier alpha value is -1.69. The van der Waals surface area contributed by atoms with Gasteiger partial charge < -0.3 is 16.2 Å². The van der Waals surface area contributed by atoms with Crippen molar-refractivity contribution in [3.05, 3.63) is 29.6 Å². The molecule has 1 atom stereocenters. The molecule has 0 spiro atoms. The lowest BCUT2D eigenvalue weighted by Gasteiger charge is -2.13. The highest BCUT2D eigenvalue weighted by molar-refractivity contribution is 7.80. The average molecular weight is 242 g/mol. The van der Waals surface area contributed by atoms with Crippen LogP contribution in [0.25, 0.3) is 0 Å². The van der Waals surface area contributed by atoms with Gasteiger partial charge in [0.1, 0.15) is 17.1 Å². The minimum absolute atomic E-state index is 0.0872. The van der Waals surface area contributed by atoms with Gasteiger partial charge in [0.15, 0.2) is 0 Å². The summed E-state index contributed by atoms with van der Waals surface area (Å²) < 4.78 is 13.3. The Balaban J connectivity index is 2.93. The molecule has 0 saturated carbocycles. The minimum atomic E-state index is -0.798. The fraction of sp³-hybridized carbons (Fsp3) is 0.200. The lowest BCUT2D eigenvalue weighted by molar-refractivity contribution is 0.0942. The zero-order chi connectivity index (χ0) is 12.3. The number of hydrogen-bond donors (Lipinski definition) is 3. The highest BCUT2D eigenvalue weighted by Crippen LogP contribution is 2.19. The predicted molar refractivity (Wildman–Crippen MR) is 61.8 cm³/mol. The molecule has 0 radical (unpaired) electrons. The second-order valence-electron chi connectivity index (χ2n) is 3.23. The zero-order valence-electron chi connectivity index (χ0n) is 8.53. The predicted octanol–water partition coefficient (Wildman–Crippen LogP) is 0.936. The molecule has 1 rings (SSSR count). The molecule has 0 bridgehead atoms. The van der Waals surface area contributed by atoms with Crippen LogP contribution in [0.1, 0.15) is 17.3 Å². The summed E-state index contributed by atoms with van der Waals surface area (Å²) >= 11 is 4.66. The second kappa shape index (κ2) is 4.89. The Kier molecular flexibility index (Phi) is 3.78. The van der Waals surface area contributed by atoms with E-state index in [9.17, 15) is 14.3 Å². The highest BCUT2D eigenvalue weighted by atomic mass is 32.1. The number of nitrogens with one attached hydrogen (secondary N) is 1. The summed E-state index contributed by atoms with van der Waals surface area (Å²) in [7, 11) is 0. The molecule has 0 saturated heterocycles. The molecule has 1 amide bonds. The number of thiocarbonyl (C=S) groups is 1. The molecule has 1 unspecified atom stereocenters. The van der Waals surface area contributed by atoms with Crippen LogP contribution in [-0.2, 0) is 0 Å². The lowest BCUT2D eigenvalue weighted by Crippen LogP contribution is -2.41. The third kappa shape index (κ3) is 2.66. The largest absolute Gasteiger partial charge is 0.507 e. The van der Waals surface area contributed by atoms with Crippen LogP contribution in [0.3, 0.4) is 0 Å². The van der Waals surface area contributed by atoms with Crippen LogP contribution in [0.2, 0.25) is 0 Å². The van der Waals surface area contributed by atoms with Gasteiger partial charge in [-0.15, -0.1) is 0 Å². The Bertz CT molecular complexity index is 417. The number of carbonyl (C=O) groups excluding carboxylic acids is 1. The fourth-order valence-electron chi connectivity index (χ4n) is 1.08. The van der Waals surface area contributed by atoms with Gasteiger partial charge in [0, 0.05) is 0 Å². The van der Waals surface area contributed by atoms with E-state index < -0.39 is 29.1 Å². The maximum Gasteiger partial charge on any atom is 0.258 e. The summed E-state index contributed by atoms with van der Waals surface area (Å²) in [5.41, 5.74) is 4.89. The number of amides is 1. The molecule has 0 aliphatic heterocycles. The average Bonchev–Trinajstić information content (AvgIpc) is 2.16. The van der Waals surface area contributed by atoms with Gasteiger partial charge in [-0.3, -0.25) is 4.79 Å². The van der Waals surface area contributed by atoms with E-state index in [1.807, 2.05) is 0 Å². The summed E-state index contributed by atoms with van der Waals surface area (Å²) in [6.45, 7) is 1.57. The number of carbonyl (C=O) groups is 1. The Morgan fingerprint density at radius 3 is 2.75 bits per heavy atom. The van der Waals surface area contributed by atoms with Crippen LogP contribution in [0.5, 0.6) is 5.75 Å². The van der Waals surface area contributed by atoms with E-state index in [-0.39, 0.29) is 4.99 Å². The molecular formula is C10H11FN2O2S. The first kappa shape index (κ1) is 12.4. The number of phenols is 1. The Labute approximate surface area is 97.3 Å². The van der Waals surface area contributed by atoms with Crippen LogP contribution in [0.15, 0.2) is 18.2 Å². The van der Waals surface area contributed by atoms with E-state index in [0.717, 1.165) is 6.07 Å². The lowest BCUT2D eigenvalue weighted by atomic mass is 10.1. The first-order valence-electron chi connectivity index (χ1n) is 4.51. The van der Waals surface area contributed by atoms with Crippen LogP contribution >= 0.6 is 12.2 Å². The molecule has 16 heavy (non-hydrogen) atoms. The number of aromatic hydroxyl groups is 1. The fourth-order valence-corrected chi connectivity index (χ4v) is 1.14. The minimum Gasteiger partial charge on any atom is -0.507 e. The van der Waals surface area contributed by atoms with E-state index in [1.165, 1.54) is 12.1 Å². The molecule has 1 aromatic rings. The van der Waals surface area contributed by atoms with Gasteiger partial charge in [-0.2, -0.15) is 0 Å². The number of nitrogens with two attached hydrogens (primary N) is 1. The molecule has 4 nitrogen and oxygen atoms in total. The van der Waals surface area contributed by atoms with Crippen LogP contribution < -0.4 is 11.1 Å². The SMILES string of the molecule is CC(NC(=O)c1c(O)cccc1F)C(N)=S. The zero-order valence-corrected chi connectivity index (χ0v) is 9.34.